The molecule has 0 spiro atoms. The third-order valence-electron chi connectivity index (χ3n) is 6.06. The van der Waals surface area contributed by atoms with Gasteiger partial charge in [-0.15, -0.1) is 0 Å². The quantitative estimate of drug-likeness (QED) is 0.484. The van der Waals surface area contributed by atoms with Crippen LogP contribution in [0.5, 0.6) is 0 Å². The fraction of sp³-hybridized carbons (Fsp3) is 0.737. The maximum Gasteiger partial charge on any atom is 0.332 e. The summed E-state index contributed by atoms with van der Waals surface area (Å²) < 4.78 is 8.46. The van der Waals surface area contributed by atoms with Crippen LogP contribution in [-0.2, 0) is 23.4 Å². The zero-order valence-electron chi connectivity index (χ0n) is 16.7. The summed E-state index contributed by atoms with van der Waals surface area (Å²) in [6, 6.07) is 0. The molecule has 10 nitrogen and oxygen atoms in total. The number of hydrogen-bond donors (Lipinski definition) is 4. The molecule has 29 heavy (non-hydrogen) atoms. The van der Waals surface area contributed by atoms with Crippen molar-refractivity contribution in [3.63, 3.8) is 0 Å². The molecule has 10 heteroatoms. The minimum Gasteiger partial charge on any atom is -0.382 e. The summed E-state index contributed by atoms with van der Waals surface area (Å²) in [5.74, 6) is -0.257. The number of fused-ring (bicyclic) bond motifs is 3. The Labute approximate surface area is 166 Å². The number of ether oxygens (including phenoxy) is 1. The number of aromatic nitrogens is 4. The number of nitrogens with zero attached hydrogens (tertiary/aromatic N) is 3. The Morgan fingerprint density at radius 2 is 1.90 bits per heavy atom. The summed E-state index contributed by atoms with van der Waals surface area (Å²) in [5, 5.41) is 30.5. The van der Waals surface area contributed by atoms with Crippen LogP contribution in [0.2, 0.25) is 0 Å². The smallest absolute Gasteiger partial charge is 0.332 e. The summed E-state index contributed by atoms with van der Waals surface area (Å²) in [4.78, 5) is 33.2. The molecule has 2 aliphatic rings. The van der Waals surface area contributed by atoms with Gasteiger partial charge in [0.2, 0.25) is 0 Å². The first-order valence-electron chi connectivity index (χ1n) is 10.3. The van der Waals surface area contributed by atoms with Crippen molar-refractivity contribution in [2.24, 2.45) is 5.92 Å². The summed E-state index contributed by atoms with van der Waals surface area (Å²) in [7, 11) is 0. The van der Waals surface area contributed by atoms with Crippen LogP contribution in [0.15, 0.2) is 9.59 Å². The molecule has 0 aromatic carbocycles. The molecule has 4 heterocycles. The summed E-state index contributed by atoms with van der Waals surface area (Å²) in [5.41, 5.74) is -1.79. The number of aliphatic hydroxyl groups excluding tert-OH is 1. The van der Waals surface area contributed by atoms with E-state index < -0.39 is 35.2 Å². The van der Waals surface area contributed by atoms with Gasteiger partial charge >= 0.3 is 5.69 Å². The normalized spacial score (nSPS) is 29.2. The zero-order valence-corrected chi connectivity index (χ0v) is 16.7. The van der Waals surface area contributed by atoms with Gasteiger partial charge in [-0.05, 0) is 19.3 Å². The molecule has 0 amide bonds. The van der Waals surface area contributed by atoms with Crippen molar-refractivity contribution in [3.8, 4) is 0 Å². The van der Waals surface area contributed by atoms with E-state index in [2.05, 4.69) is 9.97 Å². The summed E-state index contributed by atoms with van der Waals surface area (Å²) >= 11 is 0. The van der Waals surface area contributed by atoms with Crippen molar-refractivity contribution >= 4 is 11.2 Å². The molecular weight excluding hydrogens is 380 g/mol. The average molecular weight is 408 g/mol. The molecule has 2 bridgehead atoms. The second-order valence-corrected chi connectivity index (χ2v) is 8.22. The first-order valence-corrected chi connectivity index (χ1v) is 10.3. The SMILES string of the molecule is CCCn1c(=O)c2[nH]c(C3(O)CC4CC(C(O)O)C(C3)O4)nc2n(CCC)c1=O. The second kappa shape index (κ2) is 7.35. The molecule has 0 aliphatic carbocycles. The number of rotatable bonds is 6. The second-order valence-electron chi connectivity index (χ2n) is 8.22. The van der Waals surface area contributed by atoms with Crippen LogP contribution >= 0.6 is 0 Å². The van der Waals surface area contributed by atoms with Crippen LogP contribution in [0.4, 0.5) is 0 Å². The van der Waals surface area contributed by atoms with Crippen LogP contribution in [0.3, 0.4) is 0 Å². The highest BCUT2D eigenvalue weighted by molar-refractivity contribution is 5.70. The van der Waals surface area contributed by atoms with E-state index in [0.717, 1.165) is 0 Å². The molecule has 2 fully saturated rings. The summed E-state index contributed by atoms with van der Waals surface area (Å²) in [6.45, 7) is 4.55. The molecule has 160 valence electrons. The number of aromatic amines is 1. The zero-order chi connectivity index (χ0) is 20.9. The lowest BCUT2D eigenvalue weighted by atomic mass is 9.88. The molecule has 4 unspecified atom stereocenters. The van der Waals surface area contributed by atoms with E-state index in [0.29, 0.717) is 32.4 Å². The van der Waals surface area contributed by atoms with Crippen molar-refractivity contribution < 1.29 is 20.1 Å². The lowest BCUT2D eigenvalue weighted by Gasteiger charge is -2.35. The molecule has 0 saturated carbocycles. The van der Waals surface area contributed by atoms with Crippen molar-refractivity contribution in [2.75, 3.05) is 0 Å². The third-order valence-corrected chi connectivity index (χ3v) is 6.06. The Balaban J connectivity index is 1.82. The largest absolute Gasteiger partial charge is 0.382 e. The molecule has 4 atom stereocenters. The Morgan fingerprint density at radius 3 is 2.55 bits per heavy atom. The maximum absolute atomic E-state index is 12.9. The highest BCUT2D eigenvalue weighted by atomic mass is 16.5. The number of aryl methyl sites for hydroxylation is 1. The fourth-order valence-corrected chi connectivity index (χ4v) is 4.72. The topological polar surface area (TPSA) is 143 Å². The highest BCUT2D eigenvalue weighted by Crippen LogP contribution is 2.46. The minimum atomic E-state index is -1.51. The van der Waals surface area contributed by atoms with Crippen LogP contribution in [0.1, 0.15) is 51.8 Å². The predicted molar refractivity (Wildman–Crippen MR) is 103 cm³/mol. The molecular formula is C19H28N4O6. The average Bonchev–Trinajstić information content (AvgIpc) is 3.24. The van der Waals surface area contributed by atoms with E-state index in [1.807, 2.05) is 13.8 Å². The molecule has 4 rings (SSSR count). The molecule has 2 aromatic rings. The van der Waals surface area contributed by atoms with Crippen LogP contribution in [0.25, 0.3) is 11.2 Å². The predicted octanol–water partition coefficient (Wildman–Crippen LogP) is -0.228. The fourth-order valence-electron chi connectivity index (χ4n) is 4.72. The van der Waals surface area contributed by atoms with Gasteiger partial charge in [0.05, 0.1) is 12.2 Å². The van der Waals surface area contributed by atoms with E-state index in [-0.39, 0.29) is 35.9 Å². The lowest BCUT2D eigenvalue weighted by molar-refractivity contribution is -0.148. The van der Waals surface area contributed by atoms with Gasteiger partial charge in [-0.3, -0.25) is 13.9 Å². The van der Waals surface area contributed by atoms with Crippen LogP contribution in [-0.4, -0.2) is 52.9 Å². The van der Waals surface area contributed by atoms with Gasteiger partial charge < -0.3 is 25.0 Å². The summed E-state index contributed by atoms with van der Waals surface area (Å²) in [6.07, 6.45) is -0.216. The molecule has 2 aliphatic heterocycles. The van der Waals surface area contributed by atoms with Crippen molar-refractivity contribution in [1.82, 2.24) is 19.1 Å². The Kier molecular flexibility index (Phi) is 5.14. The van der Waals surface area contributed by atoms with Gasteiger partial charge in [-0.1, -0.05) is 13.8 Å². The van der Waals surface area contributed by atoms with Gasteiger partial charge in [0, 0.05) is 31.8 Å². The molecule has 0 radical (unpaired) electrons. The van der Waals surface area contributed by atoms with E-state index >= 15 is 0 Å². The Bertz CT molecular complexity index is 1020. The minimum absolute atomic E-state index is 0.132. The number of nitrogens with one attached hydrogen (secondary N) is 1. The third kappa shape index (κ3) is 3.24. The maximum atomic E-state index is 12.9. The lowest BCUT2D eigenvalue weighted by Crippen LogP contribution is -2.41. The van der Waals surface area contributed by atoms with E-state index in [4.69, 9.17) is 4.74 Å². The number of aliphatic hydroxyl groups is 3. The van der Waals surface area contributed by atoms with E-state index in [1.165, 1.54) is 9.13 Å². The van der Waals surface area contributed by atoms with E-state index in [9.17, 15) is 24.9 Å². The number of hydrogen-bond acceptors (Lipinski definition) is 7. The monoisotopic (exact) mass is 408 g/mol. The van der Waals surface area contributed by atoms with Gasteiger partial charge in [0.1, 0.15) is 16.9 Å². The van der Waals surface area contributed by atoms with E-state index in [1.54, 1.807) is 0 Å². The van der Waals surface area contributed by atoms with Crippen molar-refractivity contribution in [1.29, 1.82) is 0 Å². The number of H-pyrrole nitrogens is 1. The van der Waals surface area contributed by atoms with Gasteiger partial charge in [-0.25, -0.2) is 9.78 Å². The standard InChI is InChI=1S/C19H28N4O6/c1-3-5-22-14-13(15(24)23(6-4-2)18(22)27)20-17(21-14)19(28)8-10-7-11(16(25)26)12(9-19)29-10/h10-12,16,25-26,28H,3-9H2,1-2H3,(H,20,21). The van der Waals surface area contributed by atoms with Crippen molar-refractivity contribution in [2.45, 2.75) is 83.1 Å². The van der Waals surface area contributed by atoms with Gasteiger partial charge in [-0.2, -0.15) is 0 Å². The first-order chi connectivity index (χ1) is 13.8. The Morgan fingerprint density at radius 1 is 1.21 bits per heavy atom. The molecule has 2 saturated heterocycles. The first kappa shape index (κ1) is 20.3. The number of imidazole rings is 1. The van der Waals surface area contributed by atoms with Crippen LogP contribution < -0.4 is 11.2 Å². The highest BCUT2D eigenvalue weighted by Gasteiger charge is 2.52. The molecule has 2 aromatic heterocycles. The Hall–Kier alpha value is -2.01. The molecule has 4 N–H and O–H groups in total. The van der Waals surface area contributed by atoms with Crippen LogP contribution in [0, 0.1) is 5.92 Å². The van der Waals surface area contributed by atoms with Gasteiger partial charge in [0.15, 0.2) is 11.9 Å². The van der Waals surface area contributed by atoms with Crippen molar-refractivity contribution in [3.05, 3.63) is 26.7 Å². The van der Waals surface area contributed by atoms with Gasteiger partial charge in [0.25, 0.3) is 5.56 Å².